The molecule has 0 spiro atoms. The number of aliphatic hydroxyl groups is 1. The van der Waals surface area contributed by atoms with Gasteiger partial charge in [0.2, 0.25) is 0 Å². The lowest BCUT2D eigenvalue weighted by atomic mass is 9.86. The number of ether oxygens (including phenoxy) is 2. The molecule has 1 fully saturated rings. The molecule has 3 rings (SSSR count). The Labute approximate surface area is 167 Å². The van der Waals surface area contributed by atoms with E-state index < -0.39 is 17.2 Å². The lowest BCUT2D eigenvalue weighted by Crippen LogP contribution is -2.42. The highest BCUT2D eigenvalue weighted by atomic mass is 16.5. The molecule has 0 radical (unpaired) electrons. The van der Waals surface area contributed by atoms with Crippen LogP contribution < -0.4 is 4.74 Å². The van der Waals surface area contributed by atoms with E-state index in [2.05, 4.69) is 6.58 Å². The number of carbonyl (C=O) groups is 1. The average molecular weight is 383 g/mol. The normalized spacial score (nSPS) is 17.5. The van der Waals surface area contributed by atoms with E-state index in [0.717, 1.165) is 42.0 Å². The SMILES string of the molecule is C=C(C)C(=O)Oc1ccc2ccccc2c1C1(OC(C)C(C)(C)O)CCCC1. The summed E-state index contributed by atoms with van der Waals surface area (Å²) in [6.45, 7) is 10.7. The third-order valence-electron chi connectivity index (χ3n) is 5.71. The molecule has 0 bridgehead atoms. The van der Waals surface area contributed by atoms with E-state index in [1.54, 1.807) is 20.8 Å². The van der Waals surface area contributed by atoms with Gasteiger partial charge >= 0.3 is 5.97 Å². The third-order valence-corrected chi connectivity index (χ3v) is 5.71. The maximum atomic E-state index is 12.3. The van der Waals surface area contributed by atoms with Crippen LogP contribution in [0.2, 0.25) is 0 Å². The van der Waals surface area contributed by atoms with Crippen LogP contribution in [0.1, 0.15) is 58.9 Å². The minimum atomic E-state index is -0.977. The fraction of sp³-hybridized carbons (Fsp3) is 0.458. The predicted molar refractivity (Wildman–Crippen MR) is 111 cm³/mol. The van der Waals surface area contributed by atoms with Crippen LogP contribution >= 0.6 is 0 Å². The zero-order valence-corrected chi connectivity index (χ0v) is 17.2. The van der Waals surface area contributed by atoms with E-state index in [0.29, 0.717) is 11.3 Å². The van der Waals surface area contributed by atoms with Crippen LogP contribution in [0.4, 0.5) is 0 Å². The van der Waals surface area contributed by atoms with Crippen molar-refractivity contribution in [1.82, 2.24) is 0 Å². The van der Waals surface area contributed by atoms with Crippen molar-refractivity contribution >= 4 is 16.7 Å². The molecule has 4 nitrogen and oxygen atoms in total. The Morgan fingerprint density at radius 3 is 2.43 bits per heavy atom. The molecule has 1 atom stereocenters. The Morgan fingerprint density at radius 1 is 1.18 bits per heavy atom. The lowest BCUT2D eigenvalue weighted by molar-refractivity contribution is -0.159. The van der Waals surface area contributed by atoms with Crippen LogP contribution in [0.3, 0.4) is 0 Å². The number of rotatable bonds is 6. The van der Waals surface area contributed by atoms with Gasteiger partial charge in [0.05, 0.1) is 17.3 Å². The summed E-state index contributed by atoms with van der Waals surface area (Å²) in [7, 11) is 0. The molecule has 2 aromatic carbocycles. The molecule has 0 aliphatic heterocycles. The van der Waals surface area contributed by atoms with Gasteiger partial charge < -0.3 is 14.6 Å². The molecular weight excluding hydrogens is 352 g/mol. The summed E-state index contributed by atoms with van der Waals surface area (Å²) in [5.41, 5.74) is -0.334. The van der Waals surface area contributed by atoms with Gasteiger partial charge in [0, 0.05) is 11.1 Å². The topological polar surface area (TPSA) is 55.8 Å². The van der Waals surface area contributed by atoms with Crippen molar-refractivity contribution in [1.29, 1.82) is 0 Å². The highest BCUT2D eigenvalue weighted by Gasteiger charge is 2.44. The molecule has 0 amide bonds. The van der Waals surface area contributed by atoms with Crippen LogP contribution in [-0.2, 0) is 15.1 Å². The largest absolute Gasteiger partial charge is 0.423 e. The average Bonchev–Trinajstić information content (AvgIpc) is 3.09. The third kappa shape index (κ3) is 3.98. The van der Waals surface area contributed by atoms with E-state index in [1.807, 2.05) is 43.3 Å². The number of hydrogen-bond donors (Lipinski definition) is 1. The van der Waals surface area contributed by atoms with Gasteiger partial charge in [-0.1, -0.05) is 49.8 Å². The van der Waals surface area contributed by atoms with Gasteiger partial charge in [0.25, 0.3) is 0 Å². The van der Waals surface area contributed by atoms with Crippen molar-refractivity contribution in [3.05, 3.63) is 54.1 Å². The molecule has 28 heavy (non-hydrogen) atoms. The molecule has 0 saturated heterocycles. The molecule has 0 aromatic heterocycles. The summed E-state index contributed by atoms with van der Waals surface area (Å²) in [5, 5.41) is 12.6. The molecule has 2 aromatic rings. The predicted octanol–water partition coefficient (Wildman–Crippen LogP) is 5.27. The first-order chi connectivity index (χ1) is 13.1. The monoisotopic (exact) mass is 382 g/mol. The first-order valence-electron chi connectivity index (χ1n) is 9.94. The van der Waals surface area contributed by atoms with Gasteiger partial charge in [-0.25, -0.2) is 4.79 Å². The van der Waals surface area contributed by atoms with Gasteiger partial charge in [0.1, 0.15) is 5.75 Å². The molecule has 1 unspecified atom stereocenters. The van der Waals surface area contributed by atoms with Gasteiger partial charge in [0.15, 0.2) is 0 Å². The minimum Gasteiger partial charge on any atom is -0.423 e. The van der Waals surface area contributed by atoms with Gasteiger partial charge in [-0.15, -0.1) is 0 Å². The van der Waals surface area contributed by atoms with E-state index >= 15 is 0 Å². The Kier molecular flexibility index (Phi) is 5.64. The maximum absolute atomic E-state index is 12.3. The minimum absolute atomic E-state index is 0.352. The zero-order chi connectivity index (χ0) is 20.5. The Hall–Kier alpha value is -2.17. The molecule has 4 heteroatoms. The van der Waals surface area contributed by atoms with Gasteiger partial charge in [-0.2, -0.15) is 0 Å². The molecule has 1 saturated carbocycles. The fourth-order valence-electron chi connectivity index (χ4n) is 3.85. The van der Waals surface area contributed by atoms with E-state index in [9.17, 15) is 9.90 Å². The second-order valence-corrected chi connectivity index (χ2v) is 8.44. The lowest BCUT2D eigenvalue weighted by Gasteiger charge is -2.38. The van der Waals surface area contributed by atoms with Crippen molar-refractivity contribution in [3.8, 4) is 5.75 Å². The Balaban J connectivity index is 2.19. The fourth-order valence-corrected chi connectivity index (χ4v) is 3.85. The number of fused-ring (bicyclic) bond motifs is 1. The summed E-state index contributed by atoms with van der Waals surface area (Å²) in [6, 6.07) is 11.9. The quantitative estimate of drug-likeness (QED) is 0.420. The van der Waals surface area contributed by atoms with Crippen LogP contribution in [0.25, 0.3) is 10.8 Å². The number of esters is 1. The molecule has 150 valence electrons. The Morgan fingerprint density at radius 2 is 1.82 bits per heavy atom. The van der Waals surface area contributed by atoms with Crippen molar-refractivity contribution in [2.75, 3.05) is 0 Å². The second-order valence-electron chi connectivity index (χ2n) is 8.44. The van der Waals surface area contributed by atoms with Crippen LogP contribution in [0, 0.1) is 0 Å². The van der Waals surface area contributed by atoms with E-state index in [1.165, 1.54) is 0 Å². The number of carbonyl (C=O) groups excluding carboxylic acids is 1. The van der Waals surface area contributed by atoms with Crippen molar-refractivity contribution in [2.45, 2.75) is 70.7 Å². The molecule has 1 N–H and O–H groups in total. The summed E-state index contributed by atoms with van der Waals surface area (Å²) in [6.07, 6.45) is 3.30. The summed E-state index contributed by atoms with van der Waals surface area (Å²) in [4.78, 5) is 12.3. The van der Waals surface area contributed by atoms with Gasteiger partial charge in [-0.05, 0) is 57.4 Å². The van der Waals surface area contributed by atoms with E-state index in [4.69, 9.17) is 9.47 Å². The van der Waals surface area contributed by atoms with Crippen LogP contribution in [0.15, 0.2) is 48.6 Å². The molecule has 1 aliphatic rings. The highest BCUT2D eigenvalue weighted by molar-refractivity contribution is 5.92. The van der Waals surface area contributed by atoms with E-state index in [-0.39, 0.29) is 6.10 Å². The van der Waals surface area contributed by atoms with Gasteiger partial charge in [-0.3, -0.25) is 0 Å². The Bertz CT molecular complexity index is 885. The number of hydrogen-bond acceptors (Lipinski definition) is 4. The highest BCUT2D eigenvalue weighted by Crippen LogP contribution is 2.50. The molecule has 0 heterocycles. The zero-order valence-electron chi connectivity index (χ0n) is 17.2. The smallest absolute Gasteiger partial charge is 0.338 e. The summed E-state index contributed by atoms with van der Waals surface area (Å²) in [5.74, 6) is 0.0664. The summed E-state index contributed by atoms with van der Waals surface area (Å²) < 4.78 is 12.3. The van der Waals surface area contributed by atoms with Crippen molar-refractivity contribution in [3.63, 3.8) is 0 Å². The van der Waals surface area contributed by atoms with Crippen LogP contribution in [-0.4, -0.2) is 22.8 Å². The van der Waals surface area contributed by atoms with Crippen LogP contribution in [0.5, 0.6) is 5.75 Å². The first kappa shape index (κ1) is 20.6. The van der Waals surface area contributed by atoms with Crippen molar-refractivity contribution < 1.29 is 19.4 Å². The number of benzene rings is 2. The van der Waals surface area contributed by atoms with Crippen molar-refractivity contribution in [2.24, 2.45) is 0 Å². The molecular formula is C24H30O4. The summed E-state index contributed by atoms with van der Waals surface area (Å²) >= 11 is 0. The first-order valence-corrected chi connectivity index (χ1v) is 9.94. The second kappa shape index (κ2) is 7.69. The maximum Gasteiger partial charge on any atom is 0.338 e. The standard InChI is InChI=1S/C24H30O4/c1-16(2)22(25)27-20-13-12-18-10-6-7-11-19(18)21(20)24(14-8-9-15-24)28-17(3)23(4,5)26/h6-7,10-13,17,26H,1,8-9,14-15H2,2-5H3. The molecule has 1 aliphatic carbocycles.